The van der Waals surface area contributed by atoms with Gasteiger partial charge in [-0.1, -0.05) is 170 Å². The molecule has 0 aliphatic carbocycles. The van der Waals surface area contributed by atoms with Crippen LogP contribution < -0.4 is 0 Å². The van der Waals surface area contributed by atoms with Crippen molar-refractivity contribution in [2.45, 2.75) is 13.5 Å². The van der Waals surface area contributed by atoms with E-state index in [1.54, 1.807) is 0 Å². The highest BCUT2D eigenvalue weighted by atomic mass is 16.3. The first-order valence-corrected chi connectivity index (χ1v) is 17.9. The van der Waals surface area contributed by atoms with Crippen molar-refractivity contribution >= 4 is 71.2 Å². The van der Waals surface area contributed by atoms with Gasteiger partial charge in [0.25, 0.3) is 0 Å². The summed E-state index contributed by atoms with van der Waals surface area (Å²) >= 11 is 0. The molecule has 0 spiro atoms. The summed E-state index contributed by atoms with van der Waals surface area (Å²) in [5.41, 5.74) is 12.3. The second kappa shape index (κ2) is 13.2. The Morgan fingerprint density at radius 1 is 0.596 bits per heavy atom. The maximum atomic E-state index is 6.45. The number of aromatic nitrogens is 1. The molecule has 52 heavy (non-hydrogen) atoms. The Bertz CT molecular complexity index is 2840. The van der Waals surface area contributed by atoms with Crippen LogP contribution in [0.1, 0.15) is 29.2 Å². The number of fused-ring (bicyclic) bond motifs is 8. The predicted octanol–water partition coefficient (Wildman–Crippen LogP) is 13.7. The van der Waals surface area contributed by atoms with Crippen molar-refractivity contribution in [3.8, 4) is 0 Å². The third-order valence-corrected chi connectivity index (χ3v) is 10.2. The van der Waals surface area contributed by atoms with Gasteiger partial charge in [0.05, 0.1) is 11.0 Å². The van der Waals surface area contributed by atoms with Crippen molar-refractivity contribution in [1.29, 1.82) is 0 Å². The average Bonchev–Trinajstić information content (AvgIpc) is 3.74. The van der Waals surface area contributed by atoms with Crippen LogP contribution in [0, 0.1) is 0 Å². The molecule has 7 aromatic carbocycles. The van der Waals surface area contributed by atoms with Crippen LogP contribution >= 0.6 is 0 Å². The highest BCUT2D eigenvalue weighted by molar-refractivity contribution is 6.23. The fraction of sp³-hybridized carbons (Fsp3) is 0.0400. The average molecular weight is 668 g/mol. The lowest BCUT2D eigenvalue weighted by atomic mass is 9.94. The summed E-state index contributed by atoms with van der Waals surface area (Å²) in [5, 5.41) is 7.24. The number of rotatable bonds is 8. The van der Waals surface area contributed by atoms with E-state index in [1.165, 1.54) is 54.8 Å². The molecule has 9 aromatic rings. The van der Waals surface area contributed by atoms with E-state index in [9.17, 15) is 0 Å². The molecule has 9 rings (SSSR count). The molecule has 0 aliphatic heterocycles. The minimum atomic E-state index is 0.713. The van der Waals surface area contributed by atoms with E-state index in [2.05, 4.69) is 182 Å². The molecule has 0 saturated heterocycles. The summed E-state index contributed by atoms with van der Waals surface area (Å²) in [6, 6.07) is 56.1. The lowest BCUT2D eigenvalue weighted by molar-refractivity contribution is 0.667. The van der Waals surface area contributed by atoms with Gasteiger partial charge in [0.15, 0.2) is 0 Å². The number of furan rings is 1. The summed E-state index contributed by atoms with van der Waals surface area (Å²) in [6.07, 6.45) is 8.69. The number of para-hydroxylation sites is 2. The highest BCUT2D eigenvalue weighted by Gasteiger charge is 2.19. The topological polar surface area (TPSA) is 18.1 Å². The van der Waals surface area contributed by atoms with Crippen molar-refractivity contribution in [3.05, 3.63) is 211 Å². The zero-order chi connectivity index (χ0) is 35.0. The molecule has 0 bridgehead atoms. The van der Waals surface area contributed by atoms with Gasteiger partial charge in [0.2, 0.25) is 0 Å². The van der Waals surface area contributed by atoms with Crippen LogP contribution in [0.2, 0.25) is 0 Å². The van der Waals surface area contributed by atoms with E-state index in [0.717, 1.165) is 38.6 Å². The largest absolute Gasteiger partial charge is 0.455 e. The first-order valence-electron chi connectivity index (χ1n) is 17.9. The quantitative estimate of drug-likeness (QED) is 0.148. The van der Waals surface area contributed by atoms with Gasteiger partial charge in [-0.3, -0.25) is 0 Å². The van der Waals surface area contributed by atoms with Gasteiger partial charge in [0.1, 0.15) is 11.2 Å². The summed E-state index contributed by atoms with van der Waals surface area (Å²) in [6.45, 7) is 7.04. The first kappa shape index (κ1) is 31.3. The molecule has 2 heteroatoms. The highest BCUT2D eigenvalue weighted by Crippen LogP contribution is 2.41. The molecule has 2 heterocycles. The Labute approximate surface area is 303 Å². The van der Waals surface area contributed by atoms with Crippen LogP contribution in [-0.2, 0) is 6.54 Å². The van der Waals surface area contributed by atoms with Gasteiger partial charge >= 0.3 is 0 Å². The van der Waals surface area contributed by atoms with E-state index >= 15 is 0 Å². The molecule has 0 atom stereocenters. The Morgan fingerprint density at radius 3 is 2.00 bits per heavy atom. The Kier molecular flexibility index (Phi) is 7.98. The van der Waals surface area contributed by atoms with Crippen LogP contribution in [0.25, 0.3) is 71.2 Å². The number of benzene rings is 7. The molecule has 0 unspecified atom stereocenters. The van der Waals surface area contributed by atoms with E-state index in [4.69, 9.17) is 4.42 Å². The van der Waals surface area contributed by atoms with E-state index in [-0.39, 0.29) is 0 Å². The SMILES string of the molecule is C=C/C=C(\C=C(/C)c1cccc2c1oc1ccccc12)c1cccc2c1c1c3ccccc3ccc1n2CC=C(c1ccccc1)c1ccccc1. The van der Waals surface area contributed by atoms with Gasteiger partial charge in [-0.05, 0) is 69.3 Å². The Hall–Kier alpha value is -6.64. The zero-order valence-electron chi connectivity index (χ0n) is 29.1. The molecule has 0 N–H and O–H groups in total. The molecule has 0 saturated carbocycles. The predicted molar refractivity (Wildman–Crippen MR) is 222 cm³/mol. The van der Waals surface area contributed by atoms with E-state index in [0.29, 0.717) is 6.54 Å². The number of nitrogens with zero attached hydrogens (tertiary/aromatic N) is 1. The summed E-state index contributed by atoms with van der Waals surface area (Å²) in [4.78, 5) is 0. The van der Waals surface area contributed by atoms with Crippen LogP contribution in [0.3, 0.4) is 0 Å². The molecule has 2 nitrogen and oxygen atoms in total. The van der Waals surface area contributed by atoms with Crippen LogP contribution in [0.5, 0.6) is 0 Å². The number of hydrogen-bond donors (Lipinski definition) is 0. The first-order chi connectivity index (χ1) is 25.7. The minimum absolute atomic E-state index is 0.713. The molecule has 0 fully saturated rings. The van der Waals surface area contributed by atoms with Crippen molar-refractivity contribution in [1.82, 2.24) is 4.57 Å². The zero-order valence-corrected chi connectivity index (χ0v) is 29.1. The Balaban J connectivity index is 1.26. The van der Waals surface area contributed by atoms with E-state index in [1.807, 2.05) is 18.2 Å². The molecular formula is C50H37NO. The smallest absolute Gasteiger partial charge is 0.142 e. The summed E-state index contributed by atoms with van der Waals surface area (Å²) < 4.78 is 8.93. The van der Waals surface area contributed by atoms with Gasteiger partial charge < -0.3 is 8.98 Å². The van der Waals surface area contributed by atoms with Crippen molar-refractivity contribution in [2.75, 3.05) is 0 Å². The second-order valence-corrected chi connectivity index (χ2v) is 13.3. The van der Waals surface area contributed by atoms with Crippen molar-refractivity contribution in [2.24, 2.45) is 0 Å². The third kappa shape index (κ3) is 5.37. The molecular weight excluding hydrogens is 631 g/mol. The fourth-order valence-corrected chi connectivity index (χ4v) is 7.87. The molecule has 0 amide bonds. The maximum Gasteiger partial charge on any atom is 0.142 e. The maximum absolute atomic E-state index is 6.45. The Morgan fingerprint density at radius 2 is 1.23 bits per heavy atom. The van der Waals surface area contributed by atoms with Crippen LogP contribution in [-0.4, -0.2) is 4.57 Å². The van der Waals surface area contributed by atoms with Gasteiger partial charge in [-0.15, -0.1) is 0 Å². The summed E-state index contributed by atoms with van der Waals surface area (Å²) in [5.74, 6) is 0. The summed E-state index contributed by atoms with van der Waals surface area (Å²) in [7, 11) is 0. The lowest BCUT2D eigenvalue weighted by Crippen LogP contribution is -1.97. The second-order valence-electron chi connectivity index (χ2n) is 13.3. The van der Waals surface area contributed by atoms with Gasteiger partial charge in [0, 0.05) is 33.7 Å². The minimum Gasteiger partial charge on any atom is -0.455 e. The van der Waals surface area contributed by atoms with Gasteiger partial charge in [-0.2, -0.15) is 0 Å². The molecule has 0 radical (unpaired) electrons. The van der Waals surface area contributed by atoms with Crippen LogP contribution in [0.15, 0.2) is 193 Å². The van der Waals surface area contributed by atoms with Crippen molar-refractivity contribution < 1.29 is 4.42 Å². The molecule has 248 valence electrons. The lowest BCUT2D eigenvalue weighted by Gasteiger charge is -2.11. The standard InChI is InChI=1S/C50H37NO/c1-3-16-38(33-34(2)39-24-14-26-44-43-23-12-13-28-47(43)52-50(39)44)42-25-15-27-45-49(42)48-41-22-11-10-21-37(41)29-30-46(48)51(45)32-31-40(35-17-6-4-7-18-35)36-19-8-5-9-20-36/h3-31,33H,1,32H2,2H3/b34-33+,38-16+. The van der Waals surface area contributed by atoms with Gasteiger partial charge in [-0.25, -0.2) is 0 Å². The molecule has 2 aromatic heterocycles. The molecule has 0 aliphatic rings. The van der Waals surface area contributed by atoms with Crippen molar-refractivity contribution in [3.63, 3.8) is 0 Å². The van der Waals surface area contributed by atoms with E-state index < -0.39 is 0 Å². The number of allylic oxidation sites excluding steroid dienone is 6. The number of hydrogen-bond acceptors (Lipinski definition) is 1. The fourth-order valence-electron chi connectivity index (χ4n) is 7.87. The third-order valence-electron chi connectivity index (χ3n) is 10.2. The monoisotopic (exact) mass is 667 g/mol. The normalized spacial score (nSPS) is 12.3. The van der Waals surface area contributed by atoms with Crippen LogP contribution in [0.4, 0.5) is 0 Å².